The van der Waals surface area contributed by atoms with Gasteiger partial charge >= 0.3 is 18.0 Å². The molecule has 1 amide bonds. The molecule has 2 heterocycles. The van der Waals surface area contributed by atoms with Crippen LogP contribution in [0, 0.1) is 0 Å². The monoisotopic (exact) mass is 455 g/mol. The number of nitrogens with zero attached hydrogens (tertiary/aromatic N) is 4. The van der Waals surface area contributed by atoms with E-state index in [2.05, 4.69) is 15.0 Å². The SMILES string of the molecule is Cn1c(=O)c2c(ncn2CC(=O)OCC(=O)Nc2ccc(OC(F)(F)F)cc2)n(C)c1=O. The van der Waals surface area contributed by atoms with Crippen LogP contribution in [0.1, 0.15) is 0 Å². The van der Waals surface area contributed by atoms with Crippen LogP contribution in [0.5, 0.6) is 5.75 Å². The first-order valence-electron chi connectivity index (χ1n) is 8.88. The van der Waals surface area contributed by atoms with Crippen molar-refractivity contribution in [2.24, 2.45) is 14.1 Å². The number of alkyl halides is 3. The molecule has 0 bridgehead atoms. The Balaban J connectivity index is 1.59. The average Bonchev–Trinajstić information content (AvgIpc) is 3.13. The van der Waals surface area contributed by atoms with E-state index in [-0.39, 0.29) is 16.9 Å². The van der Waals surface area contributed by atoms with Crippen molar-refractivity contribution in [1.82, 2.24) is 18.7 Å². The van der Waals surface area contributed by atoms with Gasteiger partial charge < -0.3 is 19.4 Å². The lowest BCUT2D eigenvalue weighted by atomic mass is 10.3. The molecule has 3 rings (SSSR count). The Labute approximate surface area is 176 Å². The lowest BCUT2D eigenvalue weighted by molar-refractivity contribution is -0.274. The lowest BCUT2D eigenvalue weighted by Gasteiger charge is -2.10. The zero-order valence-corrected chi connectivity index (χ0v) is 16.7. The number of aromatic nitrogens is 4. The molecule has 0 aliphatic heterocycles. The topological polar surface area (TPSA) is 126 Å². The fraction of sp³-hybridized carbons (Fsp3) is 0.278. The summed E-state index contributed by atoms with van der Waals surface area (Å²) in [5.74, 6) is -2.06. The second kappa shape index (κ2) is 8.56. The van der Waals surface area contributed by atoms with Crippen molar-refractivity contribution < 1.29 is 32.2 Å². The van der Waals surface area contributed by atoms with Crippen molar-refractivity contribution >= 4 is 28.7 Å². The van der Waals surface area contributed by atoms with Gasteiger partial charge in [-0.05, 0) is 24.3 Å². The van der Waals surface area contributed by atoms with Crippen LogP contribution in [-0.2, 0) is 35.0 Å². The smallest absolute Gasteiger partial charge is 0.454 e. The third-order valence-electron chi connectivity index (χ3n) is 4.25. The van der Waals surface area contributed by atoms with E-state index in [1.54, 1.807) is 0 Å². The number of ether oxygens (including phenoxy) is 2. The average molecular weight is 455 g/mol. The van der Waals surface area contributed by atoms with Gasteiger partial charge in [0.1, 0.15) is 12.3 Å². The molecule has 0 radical (unpaired) electrons. The number of nitrogens with one attached hydrogen (secondary N) is 1. The van der Waals surface area contributed by atoms with Crippen LogP contribution in [-0.4, -0.2) is 43.5 Å². The Morgan fingerprint density at radius 3 is 2.38 bits per heavy atom. The molecule has 0 atom stereocenters. The van der Waals surface area contributed by atoms with Crippen molar-refractivity contribution in [3.8, 4) is 5.75 Å². The highest BCUT2D eigenvalue weighted by Gasteiger charge is 2.31. The highest BCUT2D eigenvalue weighted by atomic mass is 19.4. The van der Waals surface area contributed by atoms with Gasteiger partial charge in [0.25, 0.3) is 11.5 Å². The molecule has 0 saturated carbocycles. The van der Waals surface area contributed by atoms with E-state index in [0.717, 1.165) is 21.3 Å². The zero-order valence-electron chi connectivity index (χ0n) is 16.7. The van der Waals surface area contributed by atoms with Crippen LogP contribution in [0.15, 0.2) is 40.2 Å². The summed E-state index contributed by atoms with van der Waals surface area (Å²) in [6.45, 7) is -1.12. The van der Waals surface area contributed by atoms with Crippen molar-refractivity contribution in [3.05, 3.63) is 51.4 Å². The number of carbonyl (C=O) groups excluding carboxylic acids is 2. The normalized spacial score (nSPS) is 11.4. The summed E-state index contributed by atoms with van der Waals surface area (Å²) < 4.78 is 48.2. The summed E-state index contributed by atoms with van der Waals surface area (Å²) in [7, 11) is 2.71. The molecule has 14 heteroatoms. The third-order valence-corrected chi connectivity index (χ3v) is 4.25. The van der Waals surface area contributed by atoms with Crippen LogP contribution in [0.3, 0.4) is 0 Å². The number of benzene rings is 1. The fourth-order valence-corrected chi connectivity index (χ4v) is 2.78. The number of hydrogen-bond donors (Lipinski definition) is 1. The van der Waals surface area contributed by atoms with Crippen LogP contribution < -0.4 is 21.3 Å². The van der Waals surface area contributed by atoms with E-state index < -0.39 is 48.4 Å². The van der Waals surface area contributed by atoms with E-state index in [4.69, 9.17) is 4.74 Å². The minimum atomic E-state index is -4.83. The first kappa shape index (κ1) is 22.6. The maximum absolute atomic E-state index is 12.3. The molecule has 2 aromatic heterocycles. The van der Waals surface area contributed by atoms with Gasteiger partial charge in [0.2, 0.25) is 0 Å². The van der Waals surface area contributed by atoms with Gasteiger partial charge in [0.05, 0.1) is 6.33 Å². The molecule has 3 aromatic rings. The summed E-state index contributed by atoms with van der Waals surface area (Å²) in [5, 5.41) is 2.34. The second-order valence-electron chi connectivity index (χ2n) is 6.53. The number of rotatable bonds is 6. The first-order chi connectivity index (χ1) is 15.0. The molecule has 0 unspecified atom stereocenters. The van der Waals surface area contributed by atoms with Gasteiger partial charge in [0, 0.05) is 19.8 Å². The predicted molar refractivity (Wildman–Crippen MR) is 103 cm³/mol. The number of aryl methyl sites for hydroxylation is 1. The number of imidazole rings is 1. The second-order valence-corrected chi connectivity index (χ2v) is 6.53. The number of amides is 1. The van der Waals surface area contributed by atoms with E-state index >= 15 is 0 Å². The van der Waals surface area contributed by atoms with Crippen LogP contribution in [0.25, 0.3) is 11.2 Å². The maximum atomic E-state index is 12.3. The number of halogens is 3. The molecule has 11 nitrogen and oxygen atoms in total. The summed E-state index contributed by atoms with van der Waals surface area (Å²) >= 11 is 0. The molecule has 170 valence electrons. The molecular weight excluding hydrogens is 439 g/mol. The van der Waals surface area contributed by atoms with Crippen molar-refractivity contribution in [1.29, 1.82) is 0 Å². The Kier molecular flexibility index (Phi) is 6.04. The van der Waals surface area contributed by atoms with E-state index in [1.165, 1.54) is 37.1 Å². The fourth-order valence-electron chi connectivity index (χ4n) is 2.78. The van der Waals surface area contributed by atoms with E-state index in [9.17, 15) is 32.3 Å². The van der Waals surface area contributed by atoms with Gasteiger partial charge in [-0.2, -0.15) is 0 Å². The largest absolute Gasteiger partial charge is 0.573 e. The van der Waals surface area contributed by atoms with Gasteiger partial charge in [-0.25, -0.2) is 9.78 Å². The van der Waals surface area contributed by atoms with Gasteiger partial charge in [-0.3, -0.25) is 23.5 Å². The molecule has 1 N–H and O–H groups in total. The predicted octanol–water partition coefficient (Wildman–Crippen LogP) is 0.514. The van der Waals surface area contributed by atoms with Crippen LogP contribution in [0.2, 0.25) is 0 Å². The third kappa shape index (κ3) is 4.96. The van der Waals surface area contributed by atoms with Crippen molar-refractivity contribution in [3.63, 3.8) is 0 Å². The molecule has 0 aliphatic carbocycles. The Hall–Kier alpha value is -4.10. The number of fused-ring (bicyclic) bond motifs is 1. The summed E-state index contributed by atoms with van der Waals surface area (Å²) in [4.78, 5) is 52.2. The lowest BCUT2D eigenvalue weighted by Crippen LogP contribution is -2.37. The minimum absolute atomic E-state index is 0.0113. The number of hydrogen-bond acceptors (Lipinski definition) is 7. The molecule has 0 aliphatic rings. The molecule has 0 saturated heterocycles. The van der Waals surface area contributed by atoms with Gasteiger partial charge in [0.15, 0.2) is 17.8 Å². The number of anilines is 1. The van der Waals surface area contributed by atoms with Crippen LogP contribution >= 0.6 is 0 Å². The quantitative estimate of drug-likeness (QED) is 0.537. The highest BCUT2D eigenvalue weighted by molar-refractivity contribution is 5.92. The van der Waals surface area contributed by atoms with E-state index in [1.807, 2.05) is 0 Å². The highest BCUT2D eigenvalue weighted by Crippen LogP contribution is 2.23. The Bertz CT molecular complexity index is 1290. The molecule has 32 heavy (non-hydrogen) atoms. The van der Waals surface area contributed by atoms with Gasteiger partial charge in [-0.15, -0.1) is 13.2 Å². The minimum Gasteiger partial charge on any atom is -0.454 e. The first-order valence-corrected chi connectivity index (χ1v) is 8.88. The molecule has 0 spiro atoms. The molecule has 1 aromatic carbocycles. The number of carbonyl (C=O) groups is 2. The Morgan fingerprint density at radius 1 is 1.09 bits per heavy atom. The molecule has 0 fully saturated rings. The molecular formula is C18H16F3N5O6. The standard InChI is InChI=1S/C18H16F3N5O6/c1-24-15-14(16(29)25(2)17(24)30)26(9-22-15)7-13(28)31-8-12(27)23-10-3-5-11(6-4-10)32-18(19,20)21/h3-6,9H,7-8H2,1-2H3,(H,23,27). The van der Waals surface area contributed by atoms with Crippen LogP contribution in [0.4, 0.5) is 18.9 Å². The van der Waals surface area contributed by atoms with Crippen molar-refractivity contribution in [2.75, 3.05) is 11.9 Å². The summed E-state index contributed by atoms with van der Waals surface area (Å²) in [5.41, 5.74) is -0.974. The zero-order chi connectivity index (χ0) is 23.6. The number of esters is 1. The van der Waals surface area contributed by atoms with Gasteiger partial charge in [-0.1, -0.05) is 0 Å². The maximum Gasteiger partial charge on any atom is 0.573 e. The van der Waals surface area contributed by atoms with Crippen molar-refractivity contribution in [2.45, 2.75) is 12.9 Å². The summed E-state index contributed by atoms with van der Waals surface area (Å²) in [6.07, 6.45) is -3.64. The Morgan fingerprint density at radius 2 is 1.75 bits per heavy atom. The van der Waals surface area contributed by atoms with E-state index in [0.29, 0.717) is 0 Å². The summed E-state index contributed by atoms with van der Waals surface area (Å²) in [6, 6.07) is 4.37.